The number of anilines is 1. The second-order valence-electron chi connectivity index (χ2n) is 10.2. The first-order valence-corrected chi connectivity index (χ1v) is 14.4. The molecule has 38 heavy (non-hydrogen) atoms. The van der Waals surface area contributed by atoms with Gasteiger partial charge < -0.3 is 19.1 Å². The lowest BCUT2D eigenvalue weighted by atomic mass is 10.0. The maximum atomic E-state index is 12.9. The van der Waals surface area contributed by atoms with E-state index in [4.69, 9.17) is 4.74 Å². The Morgan fingerprint density at radius 2 is 1.87 bits per heavy atom. The van der Waals surface area contributed by atoms with E-state index in [2.05, 4.69) is 41.5 Å². The molecule has 0 saturated carbocycles. The van der Waals surface area contributed by atoms with E-state index in [0.29, 0.717) is 25.1 Å². The Hall–Kier alpha value is -3.30. The van der Waals surface area contributed by atoms with Gasteiger partial charge >= 0.3 is 0 Å². The van der Waals surface area contributed by atoms with Crippen LogP contribution in [0.15, 0.2) is 42.5 Å². The summed E-state index contributed by atoms with van der Waals surface area (Å²) >= 11 is 0. The normalized spacial score (nSPS) is 13.9. The van der Waals surface area contributed by atoms with Crippen molar-refractivity contribution in [1.82, 2.24) is 9.47 Å². The van der Waals surface area contributed by atoms with Gasteiger partial charge in [-0.1, -0.05) is 32.4 Å². The van der Waals surface area contributed by atoms with Gasteiger partial charge in [0.2, 0.25) is 5.91 Å². The van der Waals surface area contributed by atoms with Gasteiger partial charge in [0.25, 0.3) is 0 Å². The van der Waals surface area contributed by atoms with Crippen molar-refractivity contribution in [2.45, 2.75) is 72.3 Å². The predicted molar refractivity (Wildman–Crippen MR) is 156 cm³/mol. The Labute approximate surface area is 227 Å². The zero-order chi connectivity index (χ0) is 26.9. The molecule has 6 nitrogen and oxygen atoms in total. The third-order valence-corrected chi connectivity index (χ3v) is 7.44. The van der Waals surface area contributed by atoms with Crippen LogP contribution in [0.5, 0.6) is 5.75 Å². The molecule has 0 radical (unpaired) electrons. The number of carbonyl (C=O) groups excluding carboxylic acids is 1. The Morgan fingerprint density at radius 3 is 2.58 bits per heavy atom. The number of aryl methyl sites for hydroxylation is 1. The van der Waals surface area contributed by atoms with Crippen molar-refractivity contribution in [3.05, 3.63) is 48.0 Å². The van der Waals surface area contributed by atoms with Crippen LogP contribution in [0.2, 0.25) is 0 Å². The van der Waals surface area contributed by atoms with Crippen molar-refractivity contribution in [2.75, 3.05) is 37.7 Å². The van der Waals surface area contributed by atoms with Gasteiger partial charge in [-0.3, -0.25) is 4.79 Å². The van der Waals surface area contributed by atoms with Crippen LogP contribution < -0.4 is 9.64 Å². The zero-order valence-electron chi connectivity index (χ0n) is 23.3. The topological polar surface area (TPSA) is 61.5 Å². The molecular weight excluding hydrogens is 472 g/mol. The smallest absolute Gasteiger partial charge is 0.226 e. The summed E-state index contributed by atoms with van der Waals surface area (Å²) in [6, 6.07) is 16.6. The Kier molecular flexibility index (Phi) is 9.84. The summed E-state index contributed by atoms with van der Waals surface area (Å²) in [5.41, 5.74) is 4.40. The molecule has 0 N–H and O–H groups in total. The Morgan fingerprint density at radius 1 is 1.05 bits per heavy atom. The molecule has 0 atom stereocenters. The number of nitriles is 1. The van der Waals surface area contributed by atoms with Gasteiger partial charge in [-0.15, -0.1) is 0 Å². The number of amides is 1. The van der Waals surface area contributed by atoms with Gasteiger partial charge in [0, 0.05) is 48.8 Å². The molecular formula is C32H42N4O2. The standard InChI is InChI=1S/C32H42N4O2/c1-4-12-31(37)36(17-5-2)26-14-10-13-25(22-26)32-29(24-33)28-16-15-27(23-30(28)35(32)6-3)38-21-11-20-34-18-8-7-9-19-34/h10,13-16,22-23H,4-9,11-12,17-21H2,1-3H3. The van der Waals surface area contributed by atoms with Crippen LogP contribution in [0.3, 0.4) is 0 Å². The number of benzene rings is 2. The molecule has 0 bridgehead atoms. The molecule has 0 spiro atoms. The lowest BCUT2D eigenvalue weighted by Gasteiger charge is -2.26. The van der Waals surface area contributed by atoms with Crippen molar-refractivity contribution >= 4 is 22.5 Å². The van der Waals surface area contributed by atoms with Crippen LogP contribution in [-0.2, 0) is 11.3 Å². The van der Waals surface area contributed by atoms with Crippen molar-refractivity contribution in [3.8, 4) is 23.1 Å². The first kappa shape index (κ1) is 27.7. The highest BCUT2D eigenvalue weighted by Gasteiger charge is 2.21. The lowest BCUT2D eigenvalue weighted by Crippen LogP contribution is -2.31. The fourth-order valence-electron chi connectivity index (χ4n) is 5.61. The molecule has 1 saturated heterocycles. The molecule has 0 unspecified atom stereocenters. The largest absolute Gasteiger partial charge is 0.493 e. The van der Waals surface area contributed by atoms with E-state index in [-0.39, 0.29) is 5.91 Å². The summed E-state index contributed by atoms with van der Waals surface area (Å²) in [7, 11) is 0. The first-order valence-electron chi connectivity index (χ1n) is 14.4. The SMILES string of the molecule is CCCC(=O)N(CCC)c1cccc(-c2c(C#N)c3ccc(OCCCN4CCCCC4)cc3n2CC)c1. The van der Waals surface area contributed by atoms with E-state index in [0.717, 1.165) is 65.9 Å². The number of rotatable bonds is 12. The highest BCUT2D eigenvalue weighted by molar-refractivity contribution is 5.97. The van der Waals surface area contributed by atoms with Gasteiger partial charge in [0.15, 0.2) is 0 Å². The van der Waals surface area contributed by atoms with Crippen LogP contribution in [0.4, 0.5) is 5.69 Å². The summed E-state index contributed by atoms with van der Waals surface area (Å²) in [6.07, 6.45) is 7.23. The average Bonchev–Trinajstić information content (AvgIpc) is 3.27. The van der Waals surface area contributed by atoms with Crippen LogP contribution >= 0.6 is 0 Å². The van der Waals surface area contributed by atoms with Gasteiger partial charge in [-0.25, -0.2) is 0 Å². The molecule has 1 fully saturated rings. The molecule has 1 aliphatic heterocycles. The number of nitrogens with zero attached hydrogens (tertiary/aromatic N) is 4. The van der Waals surface area contributed by atoms with Crippen LogP contribution in [0.1, 0.15) is 71.3 Å². The minimum atomic E-state index is 0.144. The van der Waals surface area contributed by atoms with Crippen molar-refractivity contribution in [1.29, 1.82) is 5.26 Å². The fraction of sp³-hybridized carbons (Fsp3) is 0.500. The van der Waals surface area contributed by atoms with Crippen LogP contribution in [-0.4, -0.2) is 48.2 Å². The summed E-state index contributed by atoms with van der Waals surface area (Å²) in [5, 5.41) is 11.1. The van der Waals surface area contributed by atoms with Crippen LogP contribution in [0, 0.1) is 11.3 Å². The third kappa shape index (κ3) is 6.22. The average molecular weight is 515 g/mol. The summed E-state index contributed by atoms with van der Waals surface area (Å²) in [5.74, 6) is 0.984. The first-order chi connectivity index (χ1) is 18.6. The van der Waals surface area contributed by atoms with Crippen molar-refractivity contribution in [2.24, 2.45) is 0 Å². The second-order valence-corrected chi connectivity index (χ2v) is 10.2. The van der Waals surface area contributed by atoms with Gasteiger partial charge in [-0.05, 0) is 76.4 Å². The highest BCUT2D eigenvalue weighted by atomic mass is 16.5. The number of hydrogen-bond acceptors (Lipinski definition) is 4. The van der Waals surface area contributed by atoms with Crippen molar-refractivity contribution < 1.29 is 9.53 Å². The van der Waals surface area contributed by atoms with E-state index in [9.17, 15) is 10.1 Å². The fourth-order valence-corrected chi connectivity index (χ4v) is 5.61. The number of fused-ring (bicyclic) bond motifs is 1. The molecule has 1 aromatic heterocycles. The molecule has 3 aromatic rings. The number of ether oxygens (including phenoxy) is 1. The summed E-state index contributed by atoms with van der Waals surface area (Å²) in [4.78, 5) is 17.3. The predicted octanol–water partition coefficient (Wildman–Crippen LogP) is 7.00. The monoisotopic (exact) mass is 514 g/mol. The zero-order valence-corrected chi connectivity index (χ0v) is 23.3. The maximum Gasteiger partial charge on any atom is 0.226 e. The van der Waals surface area contributed by atoms with E-state index in [1.807, 2.05) is 42.2 Å². The van der Waals surface area contributed by atoms with Gasteiger partial charge in [-0.2, -0.15) is 5.26 Å². The Balaban J connectivity index is 1.61. The highest BCUT2D eigenvalue weighted by Crippen LogP contribution is 2.36. The second kappa shape index (κ2) is 13.5. The molecule has 1 amide bonds. The number of piperidine rings is 1. The molecule has 0 aliphatic carbocycles. The number of aromatic nitrogens is 1. The number of carbonyl (C=O) groups is 1. The molecule has 4 rings (SSSR count). The number of hydrogen-bond donors (Lipinski definition) is 0. The van der Waals surface area contributed by atoms with Gasteiger partial charge in [0.05, 0.1) is 23.4 Å². The van der Waals surface area contributed by atoms with E-state index >= 15 is 0 Å². The quantitative estimate of drug-likeness (QED) is 0.244. The third-order valence-electron chi connectivity index (χ3n) is 7.44. The minimum Gasteiger partial charge on any atom is -0.493 e. The van der Waals surface area contributed by atoms with Gasteiger partial charge in [0.1, 0.15) is 11.8 Å². The Bertz CT molecular complexity index is 1270. The maximum absolute atomic E-state index is 12.9. The van der Waals surface area contributed by atoms with E-state index < -0.39 is 0 Å². The van der Waals surface area contributed by atoms with E-state index in [1.54, 1.807) is 0 Å². The van der Waals surface area contributed by atoms with E-state index in [1.165, 1.54) is 32.4 Å². The molecule has 1 aliphatic rings. The molecule has 6 heteroatoms. The lowest BCUT2D eigenvalue weighted by molar-refractivity contribution is -0.118. The minimum absolute atomic E-state index is 0.144. The molecule has 2 aromatic carbocycles. The van der Waals surface area contributed by atoms with Crippen molar-refractivity contribution in [3.63, 3.8) is 0 Å². The molecule has 2 heterocycles. The van der Waals surface area contributed by atoms with Crippen LogP contribution in [0.25, 0.3) is 22.2 Å². The summed E-state index contributed by atoms with van der Waals surface area (Å²) < 4.78 is 8.35. The number of likely N-dealkylation sites (tertiary alicyclic amines) is 1. The molecule has 202 valence electrons. The summed E-state index contributed by atoms with van der Waals surface area (Å²) in [6.45, 7) is 11.8.